The van der Waals surface area contributed by atoms with E-state index in [1.54, 1.807) is 6.33 Å². The first-order chi connectivity index (χ1) is 7.55. The lowest BCUT2D eigenvalue weighted by molar-refractivity contribution is -0.136. The number of anilines is 1. The molecule has 1 aromatic rings. The van der Waals surface area contributed by atoms with Gasteiger partial charge in [-0.2, -0.15) is 0 Å². The van der Waals surface area contributed by atoms with E-state index in [4.69, 9.17) is 9.47 Å². The van der Waals surface area contributed by atoms with Crippen LogP contribution in [0.15, 0.2) is 12.4 Å². The Bertz CT molecular complexity index is 368. The van der Waals surface area contributed by atoms with Crippen molar-refractivity contribution in [3.05, 3.63) is 18.1 Å². The molecule has 0 aliphatic carbocycles. The van der Waals surface area contributed by atoms with Crippen LogP contribution in [0, 0.1) is 6.92 Å². The lowest BCUT2D eigenvalue weighted by Gasteiger charge is -2.17. The lowest BCUT2D eigenvalue weighted by Crippen LogP contribution is -2.26. The van der Waals surface area contributed by atoms with Gasteiger partial charge in [0.2, 0.25) is 0 Å². The molecule has 1 N–H and O–H groups in total. The monoisotopic (exact) mass is 223 g/mol. The highest BCUT2D eigenvalue weighted by Crippen LogP contribution is 2.22. The molecule has 0 saturated carbocycles. The molecule has 0 radical (unpaired) electrons. The van der Waals surface area contributed by atoms with Crippen molar-refractivity contribution in [1.82, 2.24) is 9.97 Å². The summed E-state index contributed by atoms with van der Waals surface area (Å²) in [5.74, 6) is 0.356. The van der Waals surface area contributed by atoms with Crippen LogP contribution in [0.4, 0.5) is 5.82 Å². The summed E-state index contributed by atoms with van der Waals surface area (Å²) in [6.45, 7) is 7.08. The Labute approximate surface area is 95.2 Å². The molecule has 1 saturated heterocycles. The van der Waals surface area contributed by atoms with Crippen LogP contribution in [-0.4, -0.2) is 35.0 Å². The molecular weight excluding hydrogens is 206 g/mol. The quantitative estimate of drug-likeness (QED) is 0.838. The minimum absolute atomic E-state index is 0.0743. The second-order valence-electron chi connectivity index (χ2n) is 4.38. The zero-order chi connectivity index (χ0) is 11.6. The van der Waals surface area contributed by atoms with Crippen molar-refractivity contribution in [2.75, 3.05) is 18.5 Å². The highest BCUT2D eigenvalue weighted by molar-refractivity contribution is 5.34. The predicted octanol–water partition coefficient (Wildman–Crippen LogP) is 1.35. The SMILES string of the molecule is Cc1cc(NCC2COC(C)(C)O2)ncn1. The van der Waals surface area contributed by atoms with E-state index >= 15 is 0 Å². The van der Waals surface area contributed by atoms with Gasteiger partial charge in [-0.05, 0) is 20.8 Å². The fourth-order valence-electron chi connectivity index (χ4n) is 1.63. The normalized spacial score (nSPS) is 23.3. The number of aromatic nitrogens is 2. The topological polar surface area (TPSA) is 56.3 Å². The largest absolute Gasteiger partial charge is 0.367 e. The Hall–Kier alpha value is -1.20. The average molecular weight is 223 g/mol. The molecule has 0 spiro atoms. The Kier molecular flexibility index (Phi) is 3.07. The molecule has 1 aromatic heterocycles. The zero-order valence-corrected chi connectivity index (χ0v) is 9.86. The smallest absolute Gasteiger partial charge is 0.163 e. The van der Waals surface area contributed by atoms with Crippen LogP contribution in [0.5, 0.6) is 0 Å². The molecule has 1 atom stereocenters. The molecule has 16 heavy (non-hydrogen) atoms. The second-order valence-corrected chi connectivity index (χ2v) is 4.38. The summed E-state index contributed by atoms with van der Waals surface area (Å²) in [6.07, 6.45) is 1.62. The summed E-state index contributed by atoms with van der Waals surface area (Å²) in [6, 6.07) is 1.90. The number of nitrogens with one attached hydrogen (secondary N) is 1. The van der Waals surface area contributed by atoms with Crippen molar-refractivity contribution in [3.8, 4) is 0 Å². The third-order valence-corrected chi connectivity index (χ3v) is 2.38. The molecule has 2 heterocycles. The van der Waals surface area contributed by atoms with Crippen LogP contribution in [0.3, 0.4) is 0 Å². The molecule has 1 fully saturated rings. The maximum absolute atomic E-state index is 5.67. The average Bonchev–Trinajstić information content (AvgIpc) is 2.56. The van der Waals surface area contributed by atoms with Crippen LogP contribution in [0.2, 0.25) is 0 Å². The number of hydrogen-bond donors (Lipinski definition) is 1. The summed E-state index contributed by atoms with van der Waals surface area (Å²) in [5, 5.41) is 3.21. The summed E-state index contributed by atoms with van der Waals surface area (Å²) in [7, 11) is 0. The Morgan fingerprint density at radius 3 is 2.94 bits per heavy atom. The molecule has 0 aromatic carbocycles. The maximum atomic E-state index is 5.67. The lowest BCUT2D eigenvalue weighted by atomic mass is 10.3. The van der Waals surface area contributed by atoms with E-state index in [-0.39, 0.29) is 6.10 Å². The van der Waals surface area contributed by atoms with E-state index in [0.717, 1.165) is 11.5 Å². The zero-order valence-electron chi connectivity index (χ0n) is 9.86. The van der Waals surface area contributed by atoms with Crippen LogP contribution in [0.25, 0.3) is 0 Å². The number of aryl methyl sites for hydroxylation is 1. The molecule has 0 bridgehead atoms. The first-order valence-electron chi connectivity index (χ1n) is 5.39. The first kappa shape index (κ1) is 11.3. The fourth-order valence-corrected chi connectivity index (χ4v) is 1.63. The minimum Gasteiger partial charge on any atom is -0.367 e. The van der Waals surface area contributed by atoms with Crippen LogP contribution < -0.4 is 5.32 Å². The first-order valence-corrected chi connectivity index (χ1v) is 5.39. The van der Waals surface area contributed by atoms with Gasteiger partial charge in [0.1, 0.15) is 18.2 Å². The molecular formula is C11H17N3O2. The second kappa shape index (κ2) is 4.35. The molecule has 1 aliphatic rings. The maximum Gasteiger partial charge on any atom is 0.163 e. The highest BCUT2D eigenvalue weighted by atomic mass is 16.7. The van der Waals surface area contributed by atoms with Crippen molar-refractivity contribution < 1.29 is 9.47 Å². The van der Waals surface area contributed by atoms with E-state index in [9.17, 15) is 0 Å². The van der Waals surface area contributed by atoms with E-state index < -0.39 is 5.79 Å². The van der Waals surface area contributed by atoms with E-state index in [2.05, 4.69) is 15.3 Å². The molecule has 0 amide bonds. The van der Waals surface area contributed by atoms with Gasteiger partial charge in [0.25, 0.3) is 0 Å². The number of nitrogens with zero attached hydrogens (tertiary/aromatic N) is 2. The predicted molar refractivity (Wildman–Crippen MR) is 60.2 cm³/mol. The fraction of sp³-hybridized carbons (Fsp3) is 0.636. The Morgan fingerprint density at radius 1 is 1.50 bits per heavy atom. The highest BCUT2D eigenvalue weighted by Gasteiger charge is 2.32. The van der Waals surface area contributed by atoms with Gasteiger partial charge in [-0.25, -0.2) is 9.97 Å². The standard InChI is InChI=1S/C11H17N3O2/c1-8-4-10(14-7-13-8)12-5-9-6-15-11(2,3)16-9/h4,7,9H,5-6H2,1-3H3,(H,12,13,14). The Morgan fingerprint density at radius 2 is 2.31 bits per heavy atom. The minimum atomic E-state index is -0.464. The molecule has 88 valence electrons. The summed E-state index contributed by atoms with van der Waals surface area (Å²) in [5.41, 5.74) is 0.946. The Balaban J connectivity index is 1.84. The third-order valence-electron chi connectivity index (χ3n) is 2.38. The summed E-state index contributed by atoms with van der Waals surface area (Å²) >= 11 is 0. The van der Waals surface area contributed by atoms with Crippen molar-refractivity contribution in [2.45, 2.75) is 32.7 Å². The van der Waals surface area contributed by atoms with E-state index in [0.29, 0.717) is 13.2 Å². The van der Waals surface area contributed by atoms with Gasteiger partial charge in [-0.15, -0.1) is 0 Å². The van der Waals surface area contributed by atoms with Gasteiger partial charge in [-0.3, -0.25) is 0 Å². The number of rotatable bonds is 3. The molecule has 5 nitrogen and oxygen atoms in total. The van der Waals surface area contributed by atoms with Gasteiger partial charge in [-0.1, -0.05) is 0 Å². The molecule has 2 rings (SSSR count). The summed E-state index contributed by atoms with van der Waals surface area (Å²) in [4.78, 5) is 8.15. The van der Waals surface area contributed by atoms with Gasteiger partial charge in [0.05, 0.1) is 6.61 Å². The summed E-state index contributed by atoms with van der Waals surface area (Å²) < 4.78 is 11.1. The van der Waals surface area contributed by atoms with Crippen molar-refractivity contribution in [3.63, 3.8) is 0 Å². The number of hydrogen-bond acceptors (Lipinski definition) is 5. The molecule has 1 aliphatic heterocycles. The van der Waals surface area contributed by atoms with Gasteiger partial charge >= 0.3 is 0 Å². The van der Waals surface area contributed by atoms with Crippen molar-refractivity contribution in [1.29, 1.82) is 0 Å². The molecule has 1 unspecified atom stereocenters. The van der Waals surface area contributed by atoms with E-state index in [1.807, 2.05) is 26.8 Å². The van der Waals surface area contributed by atoms with Crippen molar-refractivity contribution >= 4 is 5.82 Å². The van der Waals surface area contributed by atoms with Crippen LogP contribution in [0.1, 0.15) is 19.5 Å². The van der Waals surface area contributed by atoms with Gasteiger partial charge in [0.15, 0.2) is 5.79 Å². The van der Waals surface area contributed by atoms with Crippen molar-refractivity contribution in [2.24, 2.45) is 0 Å². The third kappa shape index (κ3) is 2.90. The van der Waals surface area contributed by atoms with Gasteiger partial charge in [0, 0.05) is 18.3 Å². The molecule has 5 heteroatoms. The van der Waals surface area contributed by atoms with Crippen LogP contribution >= 0.6 is 0 Å². The van der Waals surface area contributed by atoms with Gasteiger partial charge < -0.3 is 14.8 Å². The number of ether oxygens (including phenoxy) is 2. The van der Waals surface area contributed by atoms with E-state index in [1.165, 1.54) is 0 Å². The van der Waals surface area contributed by atoms with Crippen LogP contribution in [-0.2, 0) is 9.47 Å².